The summed E-state index contributed by atoms with van der Waals surface area (Å²) in [5, 5.41) is 7.71. The van der Waals surface area contributed by atoms with Crippen molar-refractivity contribution in [2.75, 3.05) is 0 Å². The first-order chi connectivity index (χ1) is 9.56. The zero-order chi connectivity index (χ0) is 14.5. The Labute approximate surface area is 125 Å². The highest BCUT2D eigenvalue weighted by Crippen LogP contribution is 2.24. The average molecular weight is 289 g/mol. The number of hydrogen-bond acceptors (Lipinski definition) is 4. The molecule has 0 spiro atoms. The van der Waals surface area contributed by atoms with Crippen molar-refractivity contribution >= 4 is 11.5 Å². The molecule has 1 aromatic heterocycles. The van der Waals surface area contributed by atoms with Crippen molar-refractivity contribution in [3.05, 3.63) is 34.7 Å². The molecule has 0 saturated carbocycles. The van der Waals surface area contributed by atoms with Crippen LogP contribution in [-0.2, 0) is 13.0 Å². The second-order valence-electron chi connectivity index (χ2n) is 5.88. The third kappa shape index (κ3) is 4.12. The largest absolute Gasteiger partial charge is 0.310 e. The van der Waals surface area contributed by atoms with Gasteiger partial charge in [-0.2, -0.15) is 0 Å². The minimum atomic E-state index is 0.471. The summed E-state index contributed by atoms with van der Waals surface area (Å²) in [6.45, 7) is 9.62. The van der Waals surface area contributed by atoms with Crippen LogP contribution in [0.15, 0.2) is 24.3 Å². The molecule has 20 heavy (non-hydrogen) atoms. The summed E-state index contributed by atoms with van der Waals surface area (Å²) in [5.74, 6) is 0.688. The second kappa shape index (κ2) is 6.95. The Morgan fingerprint density at radius 2 is 1.80 bits per heavy atom. The Kier molecular flexibility index (Phi) is 5.26. The Morgan fingerprint density at radius 1 is 1.10 bits per heavy atom. The molecule has 4 heteroatoms. The molecule has 2 rings (SSSR count). The molecule has 0 bridgehead atoms. The lowest BCUT2D eigenvalue weighted by atomic mass is 10.0. The number of nitrogens with zero attached hydrogens (tertiary/aromatic N) is 2. The molecule has 0 aliphatic rings. The summed E-state index contributed by atoms with van der Waals surface area (Å²) < 4.78 is 4.10. The van der Waals surface area contributed by atoms with Gasteiger partial charge in [0.2, 0.25) is 0 Å². The van der Waals surface area contributed by atoms with E-state index in [0.29, 0.717) is 12.0 Å². The summed E-state index contributed by atoms with van der Waals surface area (Å²) in [6.07, 6.45) is 1.12. The van der Waals surface area contributed by atoms with Crippen LogP contribution in [-0.4, -0.2) is 15.6 Å². The van der Waals surface area contributed by atoms with Crippen LogP contribution in [0.4, 0.5) is 0 Å². The zero-order valence-electron chi connectivity index (χ0n) is 12.7. The van der Waals surface area contributed by atoms with Crippen LogP contribution in [0.5, 0.6) is 0 Å². The summed E-state index contributed by atoms with van der Waals surface area (Å²) in [7, 11) is 0. The van der Waals surface area contributed by atoms with Gasteiger partial charge in [-0.3, -0.25) is 0 Å². The number of hydrogen-bond donors (Lipinski definition) is 1. The SMILES string of the molecule is CC(C)Cc1ccc(-c2nnsc2CNC(C)C)cc1. The van der Waals surface area contributed by atoms with E-state index < -0.39 is 0 Å². The van der Waals surface area contributed by atoms with Crippen molar-refractivity contribution in [3.8, 4) is 11.3 Å². The highest BCUT2D eigenvalue weighted by atomic mass is 32.1. The van der Waals surface area contributed by atoms with E-state index >= 15 is 0 Å². The Balaban J connectivity index is 2.13. The molecule has 0 atom stereocenters. The fourth-order valence-electron chi connectivity index (χ4n) is 2.11. The Morgan fingerprint density at radius 3 is 2.40 bits per heavy atom. The maximum atomic E-state index is 4.28. The predicted molar refractivity (Wildman–Crippen MR) is 85.9 cm³/mol. The van der Waals surface area contributed by atoms with E-state index in [1.807, 2.05) is 0 Å². The second-order valence-corrected chi connectivity index (χ2v) is 6.71. The molecule has 0 saturated heterocycles. The maximum Gasteiger partial charge on any atom is 0.110 e. The fraction of sp³-hybridized carbons (Fsp3) is 0.500. The summed E-state index contributed by atoms with van der Waals surface area (Å²) in [6, 6.07) is 9.20. The number of aromatic nitrogens is 2. The van der Waals surface area contributed by atoms with Gasteiger partial charge in [0.15, 0.2) is 0 Å². The third-order valence-corrected chi connectivity index (χ3v) is 3.82. The molecule has 3 nitrogen and oxygen atoms in total. The van der Waals surface area contributed by atoms with E-state index in [0.717, 1.165) is 24.2 Å². The molecule has 0 unspecified atom stereocenters. The lowest BCUT2D eigenvalue weighted by molar-refractivity contribution is 0.593. The molecule has 0 aliphatic carbocycles. The van der Waals surface area contributed by atoms with Crippen molar-refractivity contribution in [2.45, 2.75) is 46.7 Å². The summed E-state index contributed by atoms with van der Waals surface area (Å²) >= 11 is 1.48. The van der Waals surface area contributed by atoms with Gasteiger partial charge in [0, 0.05) is 18.2 Å². The van der Waals surface area contributed by atoms with Crippen LogP contribution in [0.3, 0.4) is 0 Å². The van der Waals surface area contributed by atoms with Crippen molar-refractivity contribution in [1.29, 1.82) is 0 Å². The first-order valence-corrected chi connectivity index (χ1v) is 7.97. The quantitative estimate of drug-likeness (QED) is 0.876. The van der Waals surface area contributed by atoms with Gasteiger partial charge < -0.3 is 5.32 Å². The lowest BCUT2D eigenvalue weighted by Crippen LogP contribution is -2.21. The lowest BCUT2D eigenvalue weighted by Gasteiger charge is -2.08. The van der Waals surface area contributed by atoms with Gasteiger partial charge >= 0.3 is 0 Å². The standard InChI is InChI=1S/C16H23N3S/c1-11(2)9-13-5-7-14(8-6-13)16-15(20-19-18-16)10-17-12(3)4/h5-8,11-12,17H,9-10H2,1-4H3. The van der Waals surface area contributed by atoms with Crippen LogP contribution in [0, 0.1) is 5.92 Å². The van der Waals surface area contributed by atoms with Crippen molar-refractivity contribution < 1.29 is 0 Å². The van der Waals surface area contributed by atoms with Crippen LogP contribution < -0.4 is 5.32 Å². The average Bonchev–Trinajstić information content (AvgIpc) is 2.85. The minimum absolute atomic E-state index is 0.471. The molecule has 0 radical (unpaired) electrons. The van der Waals surface area contributed by atoms with E-state index in [1.165, 1.54) is 22.0 Å². The summed E-state index contributed by atoms with van der Waals surface area (Å²) in [5.41, 5.74) is 3.56. The molecule has 1 aromatic carbocycles. The molecule has 1 heterocycles. The van der Waals surface area contributed by atoms with Gasteiger partial charge in [-0.25, -0.2) is 0 Å². The monoisotopic (exact) mass is 289 g/mol. The van der Waals surface area contributed by atoms with Crippen LogP contribution >= 0.6 is 11.5 Å². The van der Waals surface area contributed by atoms with Crippen LogP contribution in [0.1, 0.15) is 38.1 Å². The fourth-order valence-corrected chi connectivity index (χ4v) is 2.73. The maximum absolute atomic E-state index is 4.28. The van der Waals surface area contributed by atoms with E-state index in [1.54, 1.807) is 0 Å². The van der Waals surface area contributed by atoms with Crippen molar-refractivity contribution in [1.82, 2.24) is 14.9 Å². The molecule has 108 valence electrons. The first-order valence-electron chi connectivity index (χ1n) is 7.20. The zero-order valence-corrected chi connectivity index (χ0v) is 13.5. The minimum Gasteiger partial charge on any atom is -0.310 e. The highest BCUT2D eigenvalue weighted by molar-refractivity contribution is 7.05. The highest BCUT2D eigenvalue weighted by Gasteiger charge is 2.10. The van der Waals surface area contributed by atoms with Crippen LogP contribution in [0.2, 0.25) is 0 Å². The topological polar surface area (TPSA) is 37.8 Å². The molecular formula is C16H23N3S. The molecule has 1 N–H and O–H groups in total. The normalized spacial score (nSPS) is 11.5. The smallest absolute Gasteiger partial charge is 0.110 e. The first kappa shape index (κ1) is 15.1. The molecule has 0 fully saturated rings. The van der Waals surface area contributed by atoms with Gasteiger partial charge in [-0.1, -0.05) is 56.4 Å². The third-order valence-electron chi connectivity index (χ3n) is 3.10. The van der Waals surface area contributed by atoms with Crippen molar-refractivity contribution in [2.24, 2.45) is 5.92 Å². The Bertz CT molecular complexity index is 529. The number of rotatable bonds is 6. The molecule has 0 amide bonds. The van der Waals surface area contributed by atoms with Gasteiger partial charge in [0.1, 0.15) is 5.69 Å². The van der Waals surface area contributed by atoms with Crippen LogP contribution in [0.25, 0.3) is 11.3 Å². The van der Waals surface area contributed by atoms with E-state index in [4.69, 9.17) is 0 Å². The molecule has 0 aliphatic heterocycles. The number of benzene rings is 1. The van der Waals surface area contributed by atoms with Gasteiger partial charge in [0.05, 0.1) is 4.88 Å². The Hall–Kier alpha value is -1.26. The van der Waals surface area contributed by atoms with E-state index in [2.05, 4.69) is 66.9 Å². The van der Waals surface area contributed by atoms with Gasteiger partial charge in [-0.05, 0) is 29.4 Å². The van der Waals surface area contributed by atoms with Gasteiger partial charge in [0.25, 0.3) is 0 Å². The van der Waals surface area contributed by atoms with Gasteiger partial charge in [-0.15, -0.1) is 5.10 Å². The van der Waals surface area contributed by atoms with E-state index in [-0.39, 0.29) is 0 Å². The molecular weight excluding hydrogens is 266 g/mol. The van der Waals surface area contributed by atoms with Crippen molar-refractivity contribution in [3.63, 3.8) is 0 Å². The van der Waals surface area contributed by atoms with E-state index in [9.17, 15) is 0 Å². The summed E-state index contributed by atoms with van der Waals surface area (Å²) in [4.78, 5) is 1.20. The molecule has 2 aromatic rings. The number of nitrogens with one attached hydrogen (secondary N) is 1. The predicted octanol–water partition coefficient (Wildman–Crippen LogP) is 3.90.